The number of hydrogen-bond donors (Lipinski definition) is 0. The average Bonchev–Trinajstić information content (AvgIpc) is 3.51. The monoisotopic (exact) mass is 514 g/mol. The minimum atomic E-state index is -0.709. The Hall–Kier alpha value is -4.50. The number of ether oxygens (including phenoxy) is 3. The zero-order valence-corrected chi connectivity index (χ0v) is 20.9. The summed E-state index contributed by atoms with van der Waals surface area (Å²) in [5, 5.41) is 11.8. The summed E-state index contributed by atoms with van der Waals surface area (Å²) in [6, 6.07) is 20.4. The average molecular weight is 515 g/mol. The molecule has 1 aliphatic heterocycles. The van der Waals surface area contributed by atoms with Gasteiger partial charge in [0, 0.05) is 30.1 Å². The number of rotatable bonds is 7. The Labute approximate surface area is 218 Å². The van der Waals surface area contributed by atoms with E-state index in [0.29, 0.717) is 22.9 Å². The van der Waals surface area contributed by atoms with Crippen molar-refractivity contribution in [1.82, 2.24) is 4.57 Å². The maximum Gasteiger partial charge on any atom is 0.338 e. The van der Waals surface area contributed by atoms with Crippen molar-refractivity contribution in [2.75, 3.05) is 6.61 Å². The van der Waals surface area contributed by atoms with E-state index in [1.807, 2.05) is 42.7 Å². The molecule has 9 heteroatoms. The van der Waals surface area contributed by atoms with E-state index in [9.17, 15) is 19.7 Å². The lowest BCUT2D eigenvalue weighted by atomic mass is 10.1. The molecule has 0 saturated carbocycles. The van der Waals surface area contributed by atoms with Gasteiger partial charge in [0.2, 0.25) is 0 Å². The standard InChI is InChI=1S/C29H26N2O7/c1-18-3-7-20(8-4-18)28(32)36-17-26-25(38-29(33)21-9-5-19(2)6-10-21)16-27(37-26)30-14-13-22-15-23(31(34)35)11-12-24(22)30/h3-15,25-27H,16-17H2,1-2H3/t25-,26-,27-/m0/s1. The molecule has 2 heterocycles. The lowest BCUT2D eigenvalue weighted by molar-refractivity contribution is -0.384. The van der Waals surface area contributed by atoms with Crippen LogP contribution in [0.5, 0.6) is 0 Å². The van der Waals surface area contributed by atoms with Gasteiger partial charge in [-0.05, 0) is 50.2 Å². The first-order chi connectivity index (χ1) is 18.3. The second-order valence-corrected chi connectivity index (χ2v) is 9.36. The molecule has 1 aromatic heterocycles. The summed E-state index contributed by atoms with van der Waals surface area (Å²) in [7, 11) is 0. The van der Waals surface area contributed by atoms with E-state index in [1.165, 1.54) is 12.1 Å². The number of hydrogen-bond acceptors (Lipinski definition) is 7. The summed E-state index contributed by atoms with van der Waals surface area (Å²) in [6.07, 6.45) is 0.159. The molecule has 0 radical (unpaired) electrons. The minimum Gasteiger partial charge on any atom is -0.459 e. The molecule has 5 rings (SSSR count). The fourth-order valence-corrected chi connectivity index (χ4v) is 4.49. The van der Waals surface area contributed by atoms with Gasteiger partial charge in [-0.15, -0.1) is 0 Å². The third kappa shape index (κ3) is 5.28. The van der Waals surface area contributed by atoms with Crippen LogP contribution in [0.15, 0.2) is 79.0 Å². The second kappa shape index (κ2) is 10.5. The SMILES string of the molecule is Cc1ccc(C(=O)OC[C@@H]2O[C@H](n3ccc4cc([N+](=O)[O-])ccc43)C[C@@H]2OC(=O)c2ccc(C)cc2)cc1. The number of non-ortho nitro benzene ring substituents is 1. The molecule has 1 saturated heterocycles. The molecule has 0 amide bonds. The van der Waals surface area contributed by atoms with Gasteiger partial charge in [0.05, 0.1) is 21.6 Å². The van der Waals surface area contributed by atoms with Gasteiger partial charge in [-0.1, -0.05) is 35.4 Å². The topological polar surface area (TPSA) is 110 Å². The van der Waals surface area contributed by atoms with Crippen LogP contribution in [0.2, 0.25) is 0 Å². The van der Waals surface area contributed by atoms with Gasteiger partial charge in [0.1, 0.15) is 25.0 Å². The highest BCUT2D eigenvalue weighted by Gasteiger charge is 2.40. The van der Waals surface area contributed by atoms with Gasteiger partial charge < -0.3 is 18.8 Å². The predicted octanol–water partition coefficient (Wildman–Crippen LogP) is 5.54. The van der Waals surface area contributed by atoms with E-state index in [-0.39, 0.29) is 12.3 Å². The van der Waals surface area contributed by atoms with E-state index in [0.717, 1.165) is 16.6 Å². The molecule has 3 atom stereocenters. The summed E-state index contributed by atoms with van der Waals surface area (Å²) >= 11 is 0. The molecule has 9 nitrogen and oxygen atoms in total. The van der Waals surface area contributed by atoms with E-state index >= 15 is 0 Å². The lowest BCUT2D eigenvalue weighted by Crippen LogP contribution is -2.32. The molecular weight excluding hydrogens is 488 g/mol. The van der Waals surface area contributed by atoms with Crippen LogP contribution in [0.3, 0.4) is 0 Å². The quantitative estimate of drug-likeness (QED) is 0.181. The first-order valence-electron chi connectivity index (χ1n) is 12.2. The number of esters is 2. The summed E-state index contributed by atoms with van der Waals surface area (Å²) in [5.74, 6) is -0.999. The lowest BCUT2D eigenvalue weighted by Gasteiger charge is -2.19. The van der Waals surface area contributed by atoms with Crippen molar-refractivity contribution < 1.29 is 28.7 Å². The van der Waals surface area contributed by atoms with Crippen LogP contribution in [0.1, 0.15) is 44.5 Å². The Kier molecular flexibility index (Phi) is 6.93. The maximum atomic E-state index is 12.9. The molecule has 1 fully saturated rings. The van der Waals surface area contributed by atoms with Crippen molar-refractivity contribution in [3.63, 3.8) is 0 Å². The Morgan fingerprint density at radius 1 is 0.947 bits per heavy atom. The first-order valence-corrected chi connectivity index (χ1v) is 12.2. The van der Waals surface area contributed by atoms with Gasteiger partial charge in [0.25, 0.3) is 5.69 Å². The zero-order valence-electron chi connectivity index (χ0n) is 20.9. The van der Waals surface area contributed by atoms with Crippen molar-refractivity contribution in [2.24, 2.45) is 0 Å². The molecule has 38 heavy (non-hydrogen) atoms. The van der Waals surface area contributed by atoms with E-state index < -0.39 is 35.3 Å². The van der Waals surface area contributed by atoms with Crippen LogP contribution < -0.4 is 0 Å². The predicted molar refractivity (Wildman–Crippen MR) is 139 cm³/mol. The minimum absolute atomic E-state index is 0.00612. The molecule has 0 bridgehead atoms. The summed E-state index contributed by atoms with van der Waals surface area (Å²) in [5.41, 5.74) is 3.60. The number of fused-ring (bicyclic) bond motifs is 1. The summed E-state index contributed by atoms with van der Waals surface area (Å²) in [4.78, 5) is 36.2. The number of nitro groups is 1. The molecule has 1 aliphatic rings. The van der Waals surface area contributed by atoms with Crippen LogP contribution in [-0.4, -0.2) is 40.2 Å². The van der Waals surface area contributed by atoms with Crippen molar-refractivity contribution in [1.29, 1.82) is 0 Å². The Morgan fingerprint density at radius 2 is 1.58 bits per heavy atom. The largest absolute Gasteiger partial charge is 0.459 e. The normalized spacial score (nSPS) is 18.8. The Bertz CT molecular complexity index is 1490. The van der Waals surface area contributed by atoms with Crippen LogP contribution in [0.4, 0.5) is 5.69 Å². The Morgan fingerprint density at radius 3 is 2.21 bits per heavy atom. The third-order valence-corrected chi connectivity index (χ3v) is 6.62. The highest BCUT2D eigenvalue weighted by atomic mass is 16.6. The molecule has 194 valence electrons. The van der Waals surface area contributed by atoms with Crippen molar-refractivity contribution in [2.45, 2.75) is 38.7 Å². The first kappa shape index (κ1) is 25.2. The van der Waals surface area contributed by atoms with Crippen LogP contribution in [-0.2, 0) is 14.2 Å². The number of aryl methyl sites for hydroxylation is 2. The summed E-state index contributed by atoms with van der Waals surface area (Å²) in [6.45, 7) is 3.75. The fourth-order valence-electron chi connectivity index (χ4n) is 4.49. The van der Waals surface area contributed by atoms with Gasteiger partial charge >= 0.3 is 11.9 Å². The van der Waals surface area contributed by atoms with Crippen LogP contribution >= 0.6 is 0 Å². The molecule has 0 unspecified atom stereocenters. The van der Waals surface area contributed by atoms with Gasteiger partial charge in [-0.25, -0.2) is 9.59 Å². The molecular formula is C29H26N2O7. The van der Waals surface area contributed by atoms with E-state index in [2.05, 4.69) is 0 Å². The highest BCUT2D eigenvalue weighted by molar-refractivity contribution is 5.90. The molecule has 0 spiro atoms. The number of benzene rings is 3. The Balaban J connectivity index is 1.36. The number of nitrogens with zero attached hydrogens (tertiary/aromatic N) is 2. The number of nitro benzene ring substituents is 1. The van der Waals surface area contributed by atoms with E-state index in [1.54, 1.807) is 42.6 Å². The van der Waals surface area contributed by atoms with Crippen LogP contribution in [0, 0.1) is 24.0 Å². The maximum absolute atomic E-state index is 12.9. The summed E-state index contributed by atoms with van der Waals surface area (Å²) < 4.78 is 19.5. The van der Waals surface area contributed by atoms with Crippen molar-refractivity contribution in [3.8, 4) is 0 Å². The zero-order chi connectivity index (χ0) is 26.8. The number of carbonyl (C=O) groups is 2. The molecule has 0 aliphatic carbocycles. The molecule has 0 N–H and O–H groups in total. The molecule has 3 aromatic carbocycles. The van der Waals surface area contributed by atoms with Crippen molar-refractivity contribution in [3.05, 3.63) is 111 Å². The fraction of sp³-hybridized carbons (Fsp3) is 0.241. The third-order valence-electron chi connectivity index (χ3n) is 6.62. The smallest absolute Gasteiger partial charge is 0.338 e. The number of carbonyl (C=O) groups excluding carboxylic acids is 2. The molecule has 4 aromatic rings. The van der Waals surface area contributed by atoms with Crippen LogP contribution in [0.25, 0.3) is 10.9 Å². The van der Waals surface area contributed by atoms with Gasteiger partial charge in [0.15, 0.2) is 0 Å². The van der Waals surface area contributed by atoms with E-state index in [4.69, 9.17) is 14.2 Å². The van der Waals surface area contributed by atoms with Gasteiger partial charge in [-0.3, -0.25) is 10.1 Å². The number of aromatic nitrogens is 1. The van der Waals surface area contributed by atoms with Gasteiger partial charge in [-0.2, -0.15) is 0 Å². The van der Waals surface area contributed by atoms with Crippen molar-refractivity contribution >= 4 is 28.5 Å². The highest BCUT2D eigenvalue weighted by Crippen LogP contribution is 2.35. The second-order valence-electron chi connectivity index (χ2n) is 9.36.